The maximum atomic E-state index is 12.2. The zero-order valence-corrected chi connectivity index (χ0v) is 11.2. The van der Waals surface area contributed by atoms with Gasteiger partial charge in [0.25, 0.3) is 0 Å². The smallest absolute Gasteiger partial charge is 0.181 e. The molecule has 0 bridgehead atoms. The summed E-state index contributed by atoms with van der Waals surface area (Å²) in [5.41, 5.74) is 2.56. The topological polar surface area (TPSA) is 66.1 Å². The standard InChI is InChI=1S/C17H11N3O/c18-11-13-16(21)10-15(14-8-4-5-9-19-14)20-17(13)12-6-2-1-3-7-12/h1-9H,10H2. The summed E-state index contributed by atoms with van der Waals surface area (Å²) < 4.78 is 0. The molecule has 0 atom stereocenters. The lowest BCUT2D eigenvalue weighted by atomic mass is 9.96. The third-order valence-corrected chi connectivity index (χ3v) is 3.21. The van der Waals surface area contributed by atoms with Crippen LogP contribution in [-0.4, -0.2) is 16.5 Å². The van der Waals surface area contributed by atoms with Crippen LogP contribution in [0, 0.1) is 11.3 Å². The molecule has 1 aliphatic rings. The van der Waals surface area contributed by atoms with Crippen LogP contribution in [-0.2, 0) is 4.79 Å². The van der Waals surface area contributed by atoms with Crippen molar-refractivity contribution in [1.82, 2.24) is 4.98 Å². The minimum atomic E-state index is -0.216. The van der Waals surface area contributed by atoms with Crippen LogP contribution in [0.1, 0.15) is 17.7 Å². The van der Waals surface area contributed by atoms with Crippen molar-refractivity contribution < 1.29 is 4.79 Å². The molecule has 0 N–H and O–H groups in total. The van der Waals surface area contributed by atoms with E-state index in [0.29, 0.717) is 17.1 Å². The number of nitriles is 1. The van der Waals surface area contributed by atoms with Crippen molar-refractivity contribution >= 4 is 17.2 Å². The van der Waals surface area contributed by atoms with E-state index in [1.165, 1.54) is 0 Å². The lowest BCUT2D eigenvalue weighted by Crippen LogP contribution is -2.18. The number of nitrogens with zero attached hydrogens (tertiary/aromatic N) is 3. The molecule has 0 saturated heterocycles. The first kappa shape index (κ1) is 12.9. The molecule has 0 spiro atoms. The molecule has 3 rings (SSSR count). The van der Waals surface area contributed by atoms with Gasteiger partial charge in [-0.3, -0.25) is 9.78 Å². The van der Waals surface area contributed by atoms with E-state index in [-0.39, 0.29) is 17.8 Å². The maximum absolute atomic E-state index is 12.2. The number of rotatable bonds is 2. The summed E-state index contributed by atoms with van der Waals surface area (Å²) in [4.78, 5) is 20.9. The zero-order valence-electron chi connectivity index (χ0n) is 11.2. The van der Waals surface area contributed by atoms with E-state index in [4.69, 9.17) is 0 Å². The molecular formula is C17H11N3O. The first-order valence-corrected chi connectivity index (χ1v) is 6.51. The lowest BCUT2D eigenvalue weighted by molar-refractivity contribution is -0.114. The predicted octanol–water partition coefficient (Wildman–Crippen LogP) is 2.78. The number of carbonyl (C=O) groups excluding carboxylic acids is 1. The molecule has 2 aromatic rings. The molecular weight excluding hydrogens is 262 g/mol. The molecule has 0 fully saturated rings. The Bertz CT molecular complexity index is 784. The summed E-state index contributed by atoms with van der Waals surface area (Å²) in [6.45, 7) is 0. The molecule has 1 aliphatic heterocycles. The Kier molecular flexibility index (Phi) is 3.40. The second kappa shape index (κ2) is 5.51. The summed E-state index contributed by atoms with van der Waals surface area (Å²) >= 11 is 0. The van der Waals surface area contributed by atoms with Gasteiger partial charge >= 0.3 is 0 Å². The Morgan fingerprint density at radius 3 is 2.48 bits per heavy atom. The van der Waals surface area contributed by atoms with Crippen LogP contribution in [0.2, 0.25) is 0 Å². The van der Waals surface area contributed by atoms with E-state index in [0.717, 1.165) is 5.56 Å². The van der Waals surface area contributed by atoms with Gasteiger partial charge in [0.1, 0.15) is 11.6 Å². The third kappa shape index (κ3) is 2.49. The minimum absolute atomic E-state index is 0.107. The fourth-order valence-corrected chi connectivity index (χ4v) is 2.20. The second-order valence-electron chi connectivity index (χ2n) is 4.57. The number of carbonyl (C=O) groups is 1. The first-order valence-electron chi connectivity index (χ1n) is 6.51. The molecule has 4 nitrogen and oxygen atoms in total. The van der Waals surface area contributed by atoms with Crippen LogP contribution in [0.25, 0.3) is 5.70 Å². The van der Waals surface area contributed by atoms with Crippen molar-refractivity contribution in [2.75, 3.05) is 0 Å². The van der Waals surface area contributed by atoms with Gasteiger partial charge in [-0.25, -0.2) is 4.99 Å². The highest BCUT2D eigenvalue weighted by atomic mass is 16.1. The number of hydrogen-bond donors (Lipinski definition) is 0. The molecule has 0 aliphatic carbocycles. The summed E-state index contributed by atoms with van der Waals surface area (Å²) in [6, 6.07) is 16.7. The van der Waals surface area contributed by atoms with Gasteiger partial charge < -0.3 is 0 Å². The van der Waals surface area contributed by atoms with Crippen LogP contribution in [0.5, 0.6) is 0 Å². The van der Waals surface area contributed by atoms with Gasteiger partial charge in [-0.2, -0.15) is 5.26 Å². The number of pyridine rings is 1. The average molecular weight is 273 g/mol. The van der Waals surface area contributed by atoms with E-state index >= 15 is 0 Å². The van der Waals surface area contributed by atoms with Crippen LogP contribution < -0.4 is 0 Å². The maximum Gasteiger partial charge on any atom is 0.181 e. The number of hydrogen-bond acceptors (Lipinski definition) is 4. The first-order chi connectivity index (χ1) is 10.3. The highest BCUT2D eigenvalue weighted by Gasteiger charge is 2.25. The Labute approximate surface area is 122 Å². The summed E-state index contributed by atoms with van der Waals surface area (Å²) in [5, 5.41) is 9.24. The Balaban J connectivity index is 2.16. The van der Waals surface area contributed by atoms with Crippen molar-refractivity contribution in [3.05, 3.63) is 71.6 Å². The monoisotopic (exact) mass is 273 g/mol. The predicted molar refractivity (Wildman–Crippen MR) is 79.4 cm³/mol. The molecule has 21 heavy (non-hydrogen) atoms. The van der Waals surface area contributed by atoms with Crippen molar-refractivity contribution in [2.24, 2.45) is 4.99 Å². The SMILES string of the molecule is N#CC1=C(c2ccccc2)N=C(c2ccccn2)CC1=O. The minimum Gasteiger partial charge on any atom is -0.293 e. The fourth-order valence-electron chi connectivity index (χ4n) is 2.20. The van der Waals surface area contributed by atoms with E-state index < -0.39 is 0 Å². The van der Waals surface area contributed by atoms with Crippen LogP contribution in [0.4, 0.5) is 0 Å². The Morgan fingerprint density at radius 1 is 1.05 bits per heavy atom. The molecule has 2 heterocycles. The fraction of sp³-hybridized carbons (Fsp3) is 0.0588. The second-order valence-corrected chi connectivity index (χ2v) is 4.57. The molecule has 100 valence electrons. The van der Waals surface area contributed by atoms with E-state index in [1.54, 1.807) is 6.20 Å². The summed E-state index contributed by atoms with van der Waals surface area (Å²) in [6.07, 6.45) is 1.77. The number of aromatic nitrogens is 1. The summed E-state index contributed by atoms with van der Waals surface area (Å²) in [7, 11) is 0. The number of ketones is 1. The lowest BCUT2D eigenvalue weighted by Gasteiger charge is -2.14. The third-order valence-electron chi connectivity index (χ3n) is 3.21. The van der Waals surface area contributed by atoms with Gasteiger partial charge in [0, 0.05) is 11.8 Å². The molecule has 1 aromatic heterocycles. The van der Waals surface area contributed by atoms with Crippen molar-refractivity contribution in [1.29, 1.82) is 5.26 Å². The largest absolute Gasteiger partial charge is 0.293 e. The van der Waals surface area contributed by atoms with Crippen LogP contribution >= 0.6 is 0 Å². The molecule has 4 heteroatoms. The van der Waals surface area contributed by atoms with Crippen LogP contribution in [0.15, 0.2) is 65.3 Å². The summed E-state index contributed by atoms with van der Waals surface area (Å²) in [5.74, 6) is -0.216. The van der Waals surface area contributed by atoms with Gasteiger partial charge in [-0.1, -0.05) is 36.4 Å². The molecule has 0 radical (unpaired) electrons. The number of allylic oxidation sites excluding steroid dienone is 1. The molecule has 0 saturated carbocycles. The van der Waals surface area contributed by atoms with Gasteiger partial charge in [0.05, 0.1) is 23.5 Å². The van der Waals surface area contributed by atoms with E-state index in [2.05, 4.69) is 9.98 Å². The van der Waals surface area contributed by atoms with Crippen molar-refractivity contribution in [3.63, 3.8) is 0 Å². The van der Waals surface area contributed by atoms with Gasteiger partial charge in [-0.05, 0) is 12.1 Å². The average Bonchev–Trinajstić information content (AvgIpc) is 2.55. The zero-order chi connectivity index (χ0) is 14.7. The van der Waals surface area contributed by atoms with Crippen LogP contribution in [0.3, 0.4) is 0 Å². The van der Waals surface area contributed by atoms with Crippen molar-refractivity contribution in [2.45, 2.75) is 6.42 Å². The molecule has 1 aromatic carbocycles. The Hall–Kier alpha value is -3.06. The number of benzene rings is 1. The highest BCUT2D eigenvalue weighted by molar-refractivity contribution is 6.23. The number of aliphatic imine (C=N–C) groups is 1. The van der Waals surface area contributed by atoms with Gasteiger partial charge in [0.2, 0.25) is 0 Å². The highest BCUT2D eigenvalue weighted by Crippen LogP contribution is 2.27. The van der Waals surface area contributed by atoms with Gasteiger partial charge in [-0.15, -0.1) is 0 Å². The molecule has 0 unspecified atom stereocenters. The molecule has 0 amide bonds. The Morgan fingerprint density at radius 2 is 1.81 bits per heavy atom. The quantitative estimate of drug-likeness (QED) is 0.845. The number of Topliss-reactive ketones (excluding diaryl/α,β-unsaturated/α-hetero) is 1. The van der Waals surface area contributed by atoms with E-state index in [1.807, 2.05) is 54.6 Å². The van der Waals surface area contributed by atoms with Crippen molar-refractivity contribution in [3.8, 4) is 6.07 Å². The van der Waals surface area contributed by atoms with Gasteiger partial charge in [0.15, 0.2) is 5.78 Å². The normalized spacial score (nSPS) is 14.6. The van der Waals surface area contributed by atoms with E-state index in [9.17, 15) is 10.1 Å².